The molecule has 0 aliphatic rings. The van der Waals surface area contributed by atoms with Crippen LogP contribution in [0.5, 0.6) is 17.2 Å². The van der Waals surface area contributed by atoms with Gasteiger partial charge in [0.05, 0.1) is 17.1 Å². The van der Waals surface area contributed by atoms with Gasteiger partial charge < -0.3 is 9.47 Å². The van der Waals surface area contributed by atoms with Gasteiger partial charge in [0.2, 0.25) is 0 Å². The second-order valence-electron chi connectivity index (χ2n) is 3.51. The van der Waals surface area contributed by atoms with E-state index >= 15 is 0 Å². The van der Waals surface area contributed by atoms with Gasteiger partial charge in [0, 0.05) is 6.07 Å². The summed E-state index contributed by atoms with van der Waals surface area (Å²) < 4.78 is 11.7. The topological polar surface area (TPSA) is 42.2 Å². The predicted octanol–water partition coefficient (Wildman–Crippen LogP) is 4.12. The van der Waals surface area contributed by atoms with Crippen LogP contribution in [-0.4, -0.2) is 7.11 Å². The number of benzene rings is 2. The van der Waals surface area contributed by atoms with E-state index in [1.807, 2.05) is 24.3 Å². The number of nitriles is 1. The highest BCUT2D eigenvalue weighted by molar-refractivity contribution is 9.10. The highest BCUT2D eigenvalue weighted by atomic mass is 79.9. The first-order valence-corrected chi connectivity index (χ1v) is 6.04. The van der Waals surface area contributed by atoms with Crippen LogP contribution in [0.3, 0.4) is 0 Å². The van der Waals surface area contributed by atoms with E-state index in [2.05, 4.69) is 22.0 Å². The highest BCUT2D eigenvalue weighted by Crippen LogP contribution is 2.33. The van der Waals surface area contributed by atoms with Crippen molar-refractivity contribution in [1.82, 2.24) is 0 Å². The van der Waals surface area contributed by atoms with Gasteiger partial charge in [-0.2, -0.15) is 5.26 Å². The van der Waals surface area contributed by atoms with Crippen molar-refractivity contribution in [2.75, 3.05) is 7.11 Å². The molecule has 3 nitrogen and oxygen atoms in total. The number of methoxy groups -OCH3 is 1. The molecule has 0 aliphatic heterocycles. The van der Waals surface area contributed by atoms with Crippen LogP contribution in [0.15, 0.2) is 46.9 Å². The fraction of sp³-hybridized carbons (Fsp3) is 0.0714. The lowest BCUT2D eigenvalue weighted by atomic mass is 10.2. The standard InChI is InChI=1S/C14H10BrNO2/c1-17-11-7-6-10(9-16)14(8-11)18-13-5-3-2-4-12(13)15/h2-8H,1H3. The number of halogens is 1. The summed E-state index contributed by atoms with van der Waals surface area (Å²) in [5, 5.41) is 9.05. The highest BCUT2D eigenvalue weighted by Gasteiger charge is 2.08. The Hall–Kier alpha value is -1.99. The molecule has 0 heterocycles. The van der Waals surface area contributed by atoms with Crippen LogP contribution in [0.2, 0.25) is 0 Å². The minimum atomic E-state index is 0.464. The zero-order valence-corrected chi connectivity index (χ0v) is 11.3. The predicted molar refractivity (Wildman–Crippen MR) is 71.9 cm³/mol. The van der Waals surface area contributed by atoms with Gasteiger partial charge in [0.25, 0.3) is 0 Å². The third kappa shape index (κ3) is 2.63. The Balaban J connectivity index is 2.39. The summed E-state index contributed by atoms with van der Waals surface area (Å²) in [6.07, 6.45) is 0. The zero-order valence-electron chi connectivity index (χ0n) is 9.68. The van der Waals surface area contributed by atoms with E-state index in [0.29, 0.717) is 22.8 Å². The molecule has 0 saturated heterocycles. The first-order chi connectivity index (χ1) is 8.74. The third-order valence-corrected chi connectivity index (χ3v) is 3.02. The van der Waals surface area contributed by atoms with E-state index in [4.69, 9.17) is 14.7 Å². The van der Waals surface area contributed by atoms with Crippen molar-refractivity contribution in [3.05, 3.63) is 52.5 Å². The van der Waals surface area contributed by atoms with E-state index in [9.17, 15) is 0 Å². The molecule has 0 radical (unpaired) electrons. The summed E-state index contributed by atoms with van der Waals surface area (Å²) in [5.74, 6) is 1.78. The largest absolute Gasteiger partial charge is 0.497 e. The van der Waals surface area contributed by atoms with Gasteiger partial charge in [0.1, 0.15) is 23.3 Å². The molecule has 0 saturated carbocycles. The summed E-state index contributed by atoms with van der Waals surface area (Å²) in [7, 11) is 1.57. The lowest BCUT2D eigenvalue weighted by Gasteiger charge is -2.10. The lowest BCUT2D eigenvalue weighted by molar-refractivity contribution is 0.408. The Labute approximate surface area is 114 Å². The van der Waals surface area contributed by atoms with Gasteiger partial charge in [-0.15, -0.1) is 0 Å². The molecule has 0 N–H and O–H groups in total. The average molecular weight is 304 g/mol. The Morgan fingerprint density at radius 1 is 1.11 bits per heavy atom. The Morgan fingerprint density at radius 2 is 1.89 bits per heavy atom. The molecule has 18 heavy (non-hydrogen) atoms. The molecule has 2 rings (SSSR count). The molecule has 0 aromatic heterocycles. The number of rotatable bonds is 3. The molecular weight excluding hydrogens is 294 g/mol. The molecule has 0 atom stereocenters. The van der Waals surface area contributed by atoms with Crippen molar-refractivity contribution in [3.8, 4) is 23.3 Å². The van der Waals surface area contributed by atoms with Crippen LogP contribution < -0.4 is 9.47 Å². The minimum Gasteiger partial charge on any atom is -0.497 e. The SMILES string of the molecule is COc1ccc(C#N)c(Oc2ccccc2Br)c1. The summed E-state index contributed by atoms with van der Waals surface area (Å²) in [5.41, 5.74) is 0.464. The fourth-order valence-electron chi connectivity index (χ4n) is 1.45. The quantitative estimate of drug-likeness (QED) is 0.856. The molecule has 2 aromatic carbocycles. The molecule has 4 heteroatoms. The van der Waals surface area contributed by atoms with E-state index in [1.54, 1.807) is 25.3 Å². The van der Waals surface area contributed by atoms with Crippen LogP contribution in [0.25, 0.3) is 0 Å². The molecule has 90 valence electrons. The number of nitrogens with zero attached hydrogens (tertiary/aromatic N) is 1. The number of para-hydroxylation sites is 1. The van der Waals surface area contributed by atoms with Crippen molar-refractivity contribution >= 4 is 15.9 Å². The smallest absolute Gasteiger partial charge is 0.148 e. The molecule has 0 spiro atoms. The molecular formula is C14H10BrNO2. The maximum Gasteiger partial charge on any atom is 0.148 e. The number of hydrogen-bond donors (Lipinski definition) is 0. The number of ether oxygens (including phenoxy) is 2. The normalized spacial score (nSPS) is 9.61. The van der Waals surface area contributed by atoms with Gasteiger partial charge in [0.15, 0.2) is 0 Å². The van der Waals surface area contributed by atoms with Gasteiger partial charge >= 0.3 is 0 Å². The summed E-state index contributed by atoms with van der Waals surface area (Å²) >= 11 is 3.40. The number of hydrogen-bond acceptors (Lipinski definition) is 3. The Bertz CT molecular complexity index is 605. The van der Waals surface area contributed by atoms with E-state index in [-0.39, 0.29) is 0 Å². The summed E-state index contributed by atoms with van der Waals surface area (Å²) in [6.45, 7) is 0. The van der Waals surface area contributed by atoms with Crippen molar-refractivity contribution in [1.29, 1.82) is 5.26 Å². The Morgan fingerprint density at radius 3 is 2.56 bits per heavy atom. The van der Waals surface area contributed by atoms with E-state index < -0.39 is 0 Å². The van der Waals surface area contributed by atoms with Gasteiger partial charge in [-0.1, -0.05) is 12.1 Å². The van der Waals surface area contributed by atoms with Crippen LogP contribution in [0.1, 0.15) is 5.56 Å². The molecule has 0 amide bonds. The second-order valence-corrected chi connectivity index (χ2v) is 4.36. The summed E-state index contributed by atoms with van der Waals surface area (Å²) in [4.78, 5) is 0. The van der Waals surface area contributed by atoms with Crippen LogP contribution in [0.4, 0.5) is 0 Å². The second kappa shape index (κ2) is 5.56. The molecule has 0 unspecified atom stereocenters. The monoisotopic (exact) mass is 303 g/mol. The first kappa shape index (κ1) is 12.5. The zero-order chi connectivity index (χ0) is 13.0. The van der Waals surface area contributed by atoms with E-state index in [1.165, 1.54) is 0 Å². The lowest BCUT2D eigenvalue weighted by Crippen LogP contribution is -1.91. The Kier molecular flexibility index (Phi) is 3.85. The average Bonchev–Trinajstić information content (AvgIpc) is 2.41. The van der Waals surface area contributed by atoms with Crippen molar-refractivity contribution in [3.63, 3.8) is 0 Å². The van der Waals surface area contributed by atoms with Crippen LogP contribution in [-0.2, 0) is 0 Å². The molecule has 0 bridgehead atoms. The van der Waals surface area contributed by atoms with Gasteiger partial charge in [-0.3, -0.25) is 0 Å². The van der Waals surface area contributed by atoms with Gasteiger partial charge in [-0.25, -0.2) is 0 Å². The maximum atomic E-state index is 9.05. The third-order valence-electron chi connectivity index (χ3n) is 2.37. The van der Waals surface area contributed by atoms with Crippen molar-refractivity contribution < 1.29 is 9.47 Å². The van der Waals surface area contributed by atoms with Crippen LogP contribution in [0, 0.1) is 11.3 Å². The van der Waals surface area contributed by atoms with Crippen LogP contribution >= 0.6 is 15.9 Å². The molecule has 0 aliphatic carbocycles. The van der Waals surface area contributed by atoms with E-state index in [0.717, 1.165) is 4.47 Å². The fourth-order valence-corrected chi connectivity index (χ4v) is 1.82. The maximum absolute atomic E-state index is 9.05. The molecule has 0 fully saturated rings. The first-order valence-electron chi connectivity index (χ1n) is 5.25. The van der Waals surface area contributed by atoms with Crippen molar-refractivity contribution in [2.24, 2.45) is 0 Å². The summed E-state index contributed by atoms with van der Waals surface area (Å²) in [6, 6.07) is 14.6. The molecule has 2 aromatic rings. The van der Waals surface area contributed by atoms with Gasteiger partial charge in [-0.05, 0) is 40.2 Å². The van der Waals surface area contributed by atoms with Crippen molar-refractivity contribution in [2.45, 2.75) is 0 Å². The minimum absolute atomic E-state index is 0.464.